The van der Waals surface area contributed by atoms with Crippen LogP contribution in [0.2, 0.25) is 0 Å². The zero-order valence-electron chi connectivity index (χ0n) is 18.4. The molecule has 0 saturated carbocycles. The third-order valence-corrected chi connectivity index (χ3v) is 4.99. The Labute approximate surface area is 194 Å². The number of carbonyl (C=O) groups excluding carboxylic acids is 1. The molecular weight excluding hydrogens is 445 g/mol. The number of carbonyl (C=O) groups is 1. The molecule has 1 aromatic heterocycles. The van der Waals surface area contributed by atoms with Crippen molar-refractivity contribution in [3.05, 3.63) is 89.5 Å². The number of nitrogens with one attached hydrogen (secondary N) is 1. The molecule has 0 bridgehead atoms. The molecule has 0 radical (unpaired) electrons. The molecule has 0 atom stereocenters. The van der Waals surface area contributed by atoms with Gasteiger partial charge in [0.05, 0.1) is 17.9 Å². The van der Waals surface area contributed by atoms with Crippen LogP contribution in [0, 0.1) is 6.92 Å². The molecular formula is C25H21F3N4O2. The minimum Gasteiger partial charge on any atom is -0.463 e. The van der Waals surface area contributed by atoms with E-state index < -0.39 is 11.7 Å². The summed E-state index contributed by atoms with van der Waals surface area (Å²) in [6, 6.07) is 18.8. The Morgan fingerprint density at radius 1 is 1.03 bits per heavy atom. The first-order chi connectivity index (χ1) is 16.2. The molecule has 174 valence electrons. The number of rotatable bonds is 6. The number of hydrogen-bond acceptors (Lipinski definition) is 4. The van der Waals surface area contributed by atoms with E-state index in [9.17, 15) is 18.0 Å². The van der Waals surface area contributed by atoms with Gasteiger partial charge in [0.15, 0.2) is 5.82 Å². The molecule has 9 heteroatoms. The number of alkyl halides is 3. The maximum Gasteiger partial charge on any atom is 0.416 e. The Balaban J connectivity index is 1.64. The van der Waals surface area contributed by atoms with Gasteiger partial charge in [0, 0.05) is 16.8 Å². The van der Waals surface area contributed by atoms with E-state index in [1.807, 2.05) is 19.1 Å². The molecule has 6 nitrogen and oxygen atoms in total. The average Bonchev–Trinajstić information content (AvgIpc) is 3.24. The van der Waals surface area contributed by atoms with Crippen LogP contribution in [0.4, 0.5) is 18.9 Å². The van der Waals surface area contributed by atoms with Crippen LogP contribution in [0.5, 0.6) is 6.01 Å². The largest absolute Gasteiger partial charge is 0.463 e. The topological polar surface area (TPSA) is 69.0 Å². The normalized spacial score (nSPS) is 11.3. The van der Waals surface area contributed by atoms with Gasteiger partial charge in [-0.2, -0.15) is 18.2 Å². The molecule has 1 N–H and O–H groups in total. The number of aromatic nitrogens is 3. The summed E-state index contributed by atoms with van der Waals surface area (Å²) in [6.45, 7) is 4.00. The van der Waals surface area contributed by atoms with Crippen LogP contribution in [-0.2, 0) is 6.18 Å². The molecule has 0 unspecified atom stereocenters. The Bertz CT molecular complexity index is 1300. The van der Waals surface area contributed by atoms with Gasteiger partial charge in [-0.1, -0.05) is 29.8 Å². The van der Waals surface area contributed by atoms with E-state index in [2.05, 4.69) is 15.4 Å². The minimum atomic E-state index is -4.49. The summed E-state index contributed by atoms with van der Waals surface area (Å²) >= 11 is 0. The Hall–Kier alpha value is -4.14. The third kappa shape index (κ3) is 5.09. The van der Waals surface area contributed by atoms with Gasteiger partial charge in [-0.3, -0.25) is 4.79 Å². The van der Waals surface area contributed by atoms with Gasteiger partial charge in [0.1, 0.15) is 0 Å². The van der Waals surface area contributed by atoms with Crippen molar-refractivity contribution in [3.63, 3.8) is 0 Å². The quantitative estimate of drug-likeness (QED) is 0.383. The molecule has 4 rings (SSSR count). The smallest absolute Gasteiger partial charge is 0.416 e. The van der Waals surface area contributed by atoms with E-state index in [0.717, 1.165) is 17.7 Å². The summed E-state index contributed by atoms with van der Waals surface area (Å²) in [4.78, 5) is 16.7. The maximum atomic E-state index is 13.2. The van der Waals surface area contributed by atoms with Crippen LogP contribution in [0.15, 0.2) is 72.8 Å². The Kier molecular flexibility index (Phi) is 6.36. The van der Waals surface area contributed by atoms with Crippen LogP contribution in [0.25, 0.3) is 17.1 Å². The van der Waals surface area contributed by atoms with Gasteiger partial charge < -0.3 is 10.1 Å². The van der Waals surface area contributed by atoms with E-state index in [1.54, 1.807) is 43.3 Å². The summed E-state index contributed by atoms with van der Waals surface area (Å²) in [7, 11) is 0. The summed E-state index contributed by atoms with van der Waals surface area (Å²) < 4.78 is 46.5. The predicted octanol–water partition coefficient (Wildman–Crippen LogP) is 5.91. The monoisotopic (exact) mass is 466 g/mol. The van der Waals surface area contributed by atoms with Crippen molar-refractivity contribution in [1.29, 1.82) is 0 Å². The lowest BCUT2D eigenvalue weighted by Gasteiger charge is -2.10. The first-order valence-electron chi connectivity index (χ1n) is 10.5. The lowest BCUT2D eigenvalue weighted by molar-refractivity contribution is -0.137. The van der Waals surface area contributed by atoms with Gasteiger partial charge in [0.2, 0.25) is 0 Å². The molecule has 1 amide bonds. The number of ether oxygens (including phenoxy) is 1. The predicted molar refractivity (Wildman–Crippen MR) is 122 cm³/mol. The van der Waals surface area contributed by atoms with Crippen LogP contribution >= 0.6 is 0 Å². The van der Waals surface area contributed by atoms with E-state index >= 15 is 0 Å². The SMILES string of the molecule is CCOc1nc(-c2cccc(C(F)(F)F)c2)n(-c2ccc(NC(=O)c3ccc(C)cc3)cc2)n1. The fourth-order valence-electron chi connectivity index (χ4n) is 3.28. The zero-order chi connectivity index (χ0) is 24.3. The standard InChI is InChI=1S/C25H21F3N4O2/c1-3-34-24-30-22(18-5-4-6-19(15-18)25(26,27)28)32(31-24)21-13-11-20(12-14-21)29-23(33)17-9-7-16(2)8-10-17/h4-15H,3H2,1-2H3,(H,29,33). The summed E-state index contributed by atoms with van der Waals surface area (Å²) in [5, 5.41) is 7.12. The highest BCUT2D eigenvalue weighted by atomic mass is 19.4. The summed E-state index contributed by atoms with van der Waals surface area (Å²) in [6.07, 6.45) is -4.49. The van der Waals surface area contributed by atoms with Gasteiger partial charge >= 0.3 is 12.2 Å². The van der Waals surface area contributed by atoms with Crippen molar-refractivity contribution in [2.75, 3.05) is 11.9 Å². The van der Waals surface area contributed by atoms with E-state index in [-0.39, 0.29) is 23.3 Å². The highest BCUT2D eigenvalue weighted by molar-refractivity contribution is 6.04. The van der Waals surface area contributed by atoms with Crippen molar-refractivity contribution in [1.82, 2.24) is 14.8 Å². The van der Waals surface area contributed by atoms with E-state index in [4.69, 9.17) is 4.74 Å². The number of nitrogens with zero attached hydrogens (tertiary/aromatic N) is 3. The van der Waals surface area contributed by atoms with Crippen molar-refractivity contribution in [2.24, 2.45) is 0 Å². The van der Waals surface area contributed by atoms with Crippen molar-refractivity contribution in [3.8, 4) is 23.1 Å². The molecule has 3 aromatic carbocycles. The van der Waals surface area contributed by atoms with Gasteiger partial charge in [-0.25, -0.2) is 4.68 Å². The van der Waals surface area contributed by atoms with Crippen LogP contribution < -0.4 is 10.1 Å². The van der Waals surface area contributed by atoms with Crippen LogP contribution in [-0.4, -0.2) is 27.3 Å². The van der Waals surface area contributed by atoms with Crippen LogP contribution in [0.1, 0.15) is 28.4 Å². The fourth-order valence-corrected chi connectivity index (χ4v) is 3.28. The highest BCUT2D eigenvalue weighted by Gasteiger charge is 2.31. The first kappa shape index (κ1) is 23.0. The van der Waals surface area contributed by atoms with Gasteiger partial charge in [-0.05, 0) is 62.4 Å². The first-order valence-corrected chi connectivity index (χ1v) is 10.5. The number of aryl methyl sites for hydroxylation is 1. The molecule has 0 spiro atoms. The lowest BCUT2D eigenvalue weighted by Crippen LogP contribution is -2.11. The summed E-state index contributed by atoms with van der Waals surface area (Å²) in [5.41, 5.74) is 2.13. The number of hydrogen-bond donors (Lipinski definition) is 1. The second-order valence-electron chi connectivity index (χ2n) is 7.51. The number of anilines is 1. The van der Waals surface area contributed by atoms with E-state index in [1.165, 1.54) is 16.8 Å². The highest BCUT2D eigenvalue weighted by Crippen LogP contribution is 2.33. The minimum absolute atomic E-state index is 0.0478. The summed E-state index contributed by atoms with van der Waals surface area (Å²) in [5.74, 6) is -0.0530. The number of amides is 1. The molecule has 0 fully saturated rings. The maximum absolute atomic E-state index is 13.2. The molecule has 0 saturated heterocycles. The Morgan fingerprint density at radius 3 is 2.38 bits per heavy atom. The molecule has 0 aliphatic heterocycles. The molecule has 1 heterocycles. The van der Waals surface area contributed by atoms with Gasteiger partial charge in [0.25, 0.3) is 5.91 Å². The molecule has 34 heavy (non-hydrogen) atoms. The third-order valence-electron chi connectivity index (χ3n) is 4.99. The second kappa shape index (κ2) is 9.38. The zero-order valence-corrected chi connectivity index (χ0v) is 18.4. The average molecular weight is 466 g/mol. The molecule has 0 aliphatic rings. The van der Waals surface area contributed by atoms with Gasteiger partial charge in [-0.15, -0.1) is 5.10 Å². The second-order valence-corrected chi connectivity index (χ2v) is 7.51. The van der Waals surface area contributed by atoms with Crippen molar-refractivity contribution in [2.45, 2.75) is 20.0 Å². The van der Waals surface area contributed by atoms with Crippen LogP contribution in [0.3, 0.4) is 0 Å². The lowest BCUT2D eigenvalue weighted by atomic mass is 10.1. The van der Waals surface area contributed by atoms with Crippen molar-refractivity contribution < 1.29 is 22.7 Å². The number of benzene rings is 3. The molecule has 4 aromatic rings. The van der Waals surface area contributed by atoms with Crippen molar-refractivity contribution >= 4 is 11.6 Å². The Morgan fingerprint density at radius 2 is 1.74 bits per heavy atom. The molecule has 0 aliphatic carbocycles. The number of halogens is 3. The fraction of sp³-hybridized carbons (Fsp3) is 0.160. The van der Waals surface area contributed by atoms with E-state index in [0.29, 0.717) is 23.5 Å².